The highest BCUT2D eigenvalue weighted by Crippen LogP contribution is 2.17. The van der Waals surface area contributed by atoms with Crippen LogP contribution in [-0.2, 0) is 20.0 Å². The largest absolute Gasteiger partial charge is 0.318 e. The molecule has 232 valence electrons. The van der Waals surface area contributed by atoms with Crippen molar-refractivity contribution in [2.45, 2.75) is 21.9 Å². The van der Waals surface area contributed by atoms with Crippen LogP contribution in [0.2, 0.25) is 10.0 Å². The van der Waals surface area contributed by atoms with E-state index in [9.17, 15) is 16.8 Å². The first-order valence-corrected chi connectivity index (χ1v) is 18.1. The molecule has 44 heavy (non-hydrogen) atoms. The van der Waals surface area contributed by atoms with Crippen LogP contribution in [0.25, 0.3) is 0 Å². The molecule has 1 fully saturated rings. The van der Waals surface area contributed by atoms with Gasteiger partial charge in [-0.3, -0.25) is 0 Å². The lowest BCUT2D eigenvalue weighted by Crippen LogP contribution is -3.28. The van der Waals surface area contributed by atoms with Crippen LogP contribution in [0.5, 0.6) is 0 Å². The molecule has 1 saturated heterocycles. The van der Waals surface area contributed by atoms with Crippen molar-refractivity contribution >= 4 is 43.2 Å². The summed E-state index contributed by atoms with van der Waals surface area (Å²) in [5.74, 6) is 0. The molecule has 4 aromatic carbocycles. The van der Waals surface area contributed by atoms with E-state index in [2.05, 4.69) is 9.44 Å². The van der Waals surface area contributed by atoms with Gasteiger partial charge in [0.2, 0.25) is 20.0 Å². The fourth-order valence-corrected chi connectivity index (χ4v) is 8.08. The SMILES string of the molecule is O=S(=O)(NC[C@H](c1ccccc1)[NH+]1CC[NH+]([C@H](CNS(=O)(=O)c2ccc(Cl)cc2)c2ccccc2)CC1)c1ccc(Cl)cc1. The minimum absolute atomic E-state index is 0.0987. The summed E-state index contributed by atoms with van der Waals surface area (Å²) >= 11 is 11.9. The molecule has 12 heteroatoms. The van der Waals surface area contributed by atoms with Gasteiger partial charge in [-0.05, 0) is 48.5 Å². The second-order valence-corrected chi connectivity index (χ2v) is 15.3. The van der Waals surface area contributed by atoms with E-state index in [1.54, 1.807) is 24.3 Å². The van der Waals surface area contributed by atoms with Gasteiger partial charge in [0.05, 0.1) is 22.9 Å². The fourth-order valence-electron chi connectivity index (χ4n) is 5.74. The van der Waals surface area contributed by atoms with Crippen LogP contribution < -0.4 is 19.2 Å². The van der Waals surface area contributed by atoms with Crippen molar-refractivity contribution in [1.29, 1.82) is 0 Å². The van der Waals surface area contributed by atoms with Gasteiger partial charge in [0.1, 0.15) is 38.3 Å². The van der Waals surface area contributed by atoms with Gasteiger partial charge in [0, 0.05) is 21.2 Å². The van der Waals surface area contributed by atoms with Crippen LogP contribution in [0, 0.1) is 0 Å². The van der Waals surface area contributed by atoms with Crippen molar-refractivity contribution in [3.8, 4) is 0 Å². The first-order chi connectivity index (χ1) is 21.1. The Balaban J connectivity index is 1.30. The van der Waals surface area contributed by atoms with Crippen LogP contribution in [0.1, 0.15) is 23.2 Å². The van der Waals surface area contributed by atoms with E-state index in [-0.39, 0.29) is 35.0 Å². The minimum Gasteiger partial charge on any atom is -0.318 e. The van der Waals surface area contributed by atoms with Gasteiger partial charge in [-0.25, -0.2) is 26.3 Å². The van der Waals surface area contributed by atoms with Gasteiger partial charge in [0.25, 0.3) is 0 Å². The third-order valence-corrected chi connectivity index (χ3v) is 11.5. The number of quaternary nitrogens is 2. The first-order valence-electron chi connectivity index (χ1n) is 14.4. The number of nitrogens with one attached hydrogen (secondary N) is 4. The molecular weight excluding hydrogens is 639 g/mol. The monoisotopic (exact) mass is 674 g/mol. The molecule has 0 unspecified atom stereocenters. The Morgan fingerprint density at radius 3 is 1.16 bits per heavy atom. The fraction of sp³-hybridized carbons (Fsp3) is 0.250. The maximum absolute atomic E-state index is 13.1. The van der Waals surface area contributed by atoms with Crippen LogP contribution in [0.3, 0.4) is 0 Å². The van der Waals surface area contributed by atoms with E-state index in [0.29, 0.717) is 10.0 Å². The zero-order valence-corrected chi connectivity index (χ0v) is 27.1. The second kappa shape index (κ2) is 14.5. The number of hydrogen-bond acceptors (Lipinski definition) is 4. The molecule has 8 nitrogen and oxygen atoms in total. The van der Waals surface area contributed by atoms with Gasteiger partial charge in [0.15, 0.2) is 0 Å². The average molecular weight is 676 g/mol. The molecule has 0 aliphatic carbocycles. The molecule has 1 aliphatic rings. The van der Waals surface area contributed by atoms with Crippen LogP contribution in [0.4, 0.5) is 0 Å². The number of hydrogen-bond donors (Lipinski definition) is 4. The highest BCUT2D eigenvalue weighted by molar-refractivity contribution is 7.89. The van der Waals surface area contributed by atoms with E-state index in [0.717, 1.165) is 37.3 Å². The summed E-state index contributed by atoms with van der Waals surface area (Å²) in [6.07, 6.45) is 0. The lowest BCUT2D eigenvalue weighted by atomic mass is 10.0. The highest BCUT2D eigenvalue weighted by Gasteiger charge is 2.36. The molecule has 0 aromatic heterocycles. The Morgan fingerprint density at radius 2 is 0.841 bits per heavy atom. The van der Waals surface area contributed by atoms with Gasteiger partial charge >= 0.3 is 0 Å². The summed E-state index contributed by atoms with van der Waals surface area (Å²) in [5.41, 5.74) is 2.11. The van der Waals surface area contributed by atoms with Gasteiger partial charge < -0.3 is 9.80 Å². The highest BCUT2D eigenvalue weighted by atomic mass is 35.5. The van der Waals surface area contributed by atoms with Crippen molar-refractivity contribution in [1.82, 2.24) is 9.44 Å². The predicted octanol–water partition coefficient (Wildman–Crippen LogP) is 2.52. The number of rotatable bonds is 12. The number of benzene rings is 4. The van der Waals surface area contributed by atoms with E-state index in [4.69, 9.17) is 23.2 Å². The van der Waals surface area contributed by atoms with Crippen molar-refractivity contribution in [3.05, 3.63) is 130 Å². The molecule has 0 radical (unpaired) electrons. The lowest BCUT2D eigenvalue weighted by molar-refractivity contribution is -1.04. The van der Waals surface area contributed by atoms with Gasteiger partial charge in [-0.15, -0.1) is 0 Å². The molecule has 4 aromatic rings. The quantitative estimate of drug-likeness (QED) is 0.186. The summed E-state index contributed by atoms with van der Waals surface area (Å²) in [5, 5.41) is 0.949. The Bertz CT molecular complexity index is 1590. The van der Waals surface area contributed by atoms with Crippen LogP contribution in [0.15, 0.2) is 119 Å². The third-order valence-electron chi connectivity index (χ3n) is 8.13. The molecule has 2 atom stereocenters. The first kappa shape index (κ1) is 32.6. The topological polar surface area (TPSA) is 101 Å². The molecule has 0 bridgehead atoms. The van der Waals surface area contributed by atoms with E-state index in [1.807, 2.05) is 60.7 Å². The minimum atomic E-state index is -3.73. The molecule has 0 spiro atoms. The van der Waals surface area contributed by atoms with Crippen molar-refractivity contribution in [2.24, 2.45) is 0 Å². The van der Waals surface area contributed by atoms with Crippen LogP contribution >= 0.6 is 23.2 Å². The smallest absolute Gasteiger partial charge is 0.240 e. The molecule has 4 N–H and O–H groups in total. The Hall–Kier alpha value is -2.80. The van der Waals surface area contributed by atoms with Gasteiger partial charge in [-0.1, -0.05) is 83.9 Å². The zero-order valence-electron chi connectivity index (χ0n) is 24.0. The summed E-state index contributed by atoms with van der Waals surface area (Å²) < 4.78 is 58.1. The molecule has 0 saturated carbocycles. The van der Waals surface area contributed by atoms with Crippen molar-refractivity contribution in [2.75, 3.05) is 39.3 Å². The summed E-state index contributed by atoms with van der Waals surface area (Å²) in [6, 6.07) is 32.0. The van der Waals surface area contributed by atoms with Crippen LogP contribution in [-0.4, -0.2) is 56.1 Å². The summed E-state index contributed by atoms with van der Waals surface area (Å²) in [4.78, 5) is 2.88. The van der Waals surface area contributed by atoms with E-state index in [1.165, 1.54) is 34.1 Å². The van der Waals surface area contributed by atoms with Gasteiger partial charge in [-0.2, -0.15) is 0 Å². The normalized spacial score (nSPS) is 18.9. The third kappa shape index (κ3) is 8.26. The van der Waals surface area contributed by atoms with E-state index >= 15 is 0 Å². The molecule has 5 rings (SSSR count). The Morgan fingerprint density at radius 1 is 0.523 bits per heavy atom. The molecular formula is C32H36Cl2N4O4S2+2. The average Bonchev–Trinajstić information content (AvgIpc) is 3.03. The number of sulfonamides is 2. The molecule has 0 amide bonds. The molecule has 1 heterocycles. The van der Waals surface area contributed by atoms with Crippen molar-refractivity contribution in [3.63, 3.8) is 0 Å². The van der Waals surface area contributed by atoms with E-state index < -0.39 is 20.0 Å². The lowest BCUT2D eigenvalue weighted by Gasteiger charge is -2.38. The second-order valence-electron chi connectivity index (χ2n) is 10.9. The maximum Gasteiger partial charge on any atom is 0.240 e. The predicted molar refractivity (Wildman–Crippen MR) is 173 cm³/mol. The Kier molecular flexibility index (Phi) is 10.8. The standard InChI is InChI=1S/C32H34Cl2N4O4S2/c33-27-11-15-29(16-12-27)43(39,40)35-23-31(25-7-3-1-4-8-25)37-19-21-38(22-20-37)32(26-9-5-2-6-10-26)24-36-44(41,42)30-17-13-28(34)14-18-30/h1-18,31-32,35-36H,19-24H2/p+2/t31-,32-/m1/s1. The summed E-state index contributed by atoms with van der Waals surface area (Å²) in [7, 11) is -7.45. The Labute approximate surface area is 269 Å². The molecule has 1 aliphatic heterocycles. The number of piperazine rings is 1. The van der Waals surface area contributed by atoms with Crippen molar-refractivity contribution < 1.29 is 26.6 Å². The maximum atomic E-state index is 13.1. The number of halogens is 2. The zero-order chi connectivity index (χ0) is 31.2. The summed E-state index contributed by atoms with van der Waals surface area (Å²) in [6.45, 7) is 3.61.